The predicted octanol–water partition coefficient (Wildman–Crippen LogP) is 1.33. The Hall–Kier alpha value is -0.750. The Morgan fingerprint density at radius 3 is 2.52 bits per heavy atom. The van der Waals surface area contributed by atoms with Crippen LogP contribution in [0.25, 0.3) is 0 Å². The highest BCUT2D eigenvalue weighted by Gasteiger charge is 2.36. The Kier molecular flexibility index (Phi) is 6.22. The van der Waals surface area contributed by atoms with E-state index in [9.17, 15) is 9.59 Å². The van der Waals surface area contributed by atoms with Gasteiger partial charge in [0.1, 0.15) is 6.04 Å². The standard InChI is InChI=1S/C17H29N3O2S/c21-16(4-3-14-5-7-18-8-6-14)20-9-1-2-15(20)17(22)19-10-12-23-13-11-19/h14-15,18H,1-13H2. The monoisotopic (exact) mass is 339 g/mol. The quantitative estimate of drug-likeness (QED) is 0.840. The summed E-state index contributed by atoms with van der Waals surface area (Å²) in [6.07, 6.45) is 5.78. The number of carbonyl (C=O) groups is 2. The van der Waals surface area contributed by atoms with Crippen LogP contribution in [0.5, 0.6) is 0 Å². The summed E-state index contributed by atoms with van der Waals surface area (Å²) in [4.78, 5) is 29.2. The van der Waals surface area contributed by atoms with Gasteiger partial charge in [0.2, 0.25) is 11.8 Å². The number of hydrogen-bond donors (Lipinski definition) is 1. The molecule has 3 aliphatic rings. The van der Waals surface area contributed by atoms with E-state index in [0.29, 0.717) is 12.3 Å². The molecule has 3 saturated heterocycles. The van der Waals surface area contributed by atoms with Crippen LogP contribution < -0.4 is 5.32 Å². The number of nitrogens with zero attached hydrogens (tertiary/aromatic N) is 2. The molecule has 2 amide bonds. The fraction of sp³-hybridized carbons (Fsp3) is 0.882. The predicted molar refractivity (Wildman–Crippen MR) is 93.5 cm³/mol. The second kappa shape index (κ2) is 8.38. The van der Waals surface area contributed by atoms with Gasteiger partial charge in [0.15, 0.2) is 0 Å². The first-order valence-electron chi connectivity index (χ1n) is 9.12. The first-order valence-corrected chi connectivity index (χ1v) is 10.3. The molecular formula is C17H29N3O2S. The zero-order chi connectivity index (χ0) is 16.1. The summed E-state index contributed by atoms with van der Waals surface area (Å²) in [6.45, 7) is 4.62. The van der Waals surface area contributed by atoms with Crippen LogP contribution in [0.1, 0.15) is 38.5 Å². The highest BCUT2D eigenvalue weighted by molar-refractivity contribution is 7.99. The number of nitrogens with one attached hydrogen (secondary N) is 1. The fourth-order valence-electron chi connectivity index (χ4n) is 3.96. The Morgan fingerprint density at radius 1 is 1.04 bits per heavy atom. The number of piperidine rings is 1. The van der Waals surface area contributed by atoms with E-state index >= 15 is 0 Å². The smallest absolute Gasteiger partial charge is 0.245 e. The van der Waals surface area contributed by atoms with Gasteiger partial charge < -0.3 is 15.1 Å². The molecule has 3 heterocycles. The number of carbonyl (C=O) groups excluding carboxylic acids is 2. The second-order valence-corrected chi connectivity index (χ2v) is 8.14. The van der Waals surface area contributed by atoms with Crippen molar-refractivity contribution in [2.24, 2.45) is 5.92 Å². The third kappa shape index (κ3) is 4.41. The molecule has 23 heavy (non-hydrogen) atoms. The summed E-state index contributed by atoms with van der Waals surface area (Å²) < 4.78 is 0. The molecule has 3 aliphatic heterocycles. The van der Waals surface area contributed by atoms with Gasteiger partial charge in [-0.3, -0.25) is 9.59 Å². The fourth-order valence-corrected chi connectivity index (χ4v) is 4.86. The van der Waals surface area contributed by atoms with Gasteiger partial charge in [-0.2, -0.15) is 11.8 Å². The molecule has 0 aromatic heterocycles. The number of rotatable bonds is 4. The Morgan fingerprint density at radius 2 is 1.78 bits per heavy atom. The van der Waals surface area contributed by atoms with Crippen LogP contribution in [-0.4, -0.2) is 71.9 Å². The number of likely N-dealkylation sites (tertiary alicyclic amines) is 1. The molecule has 5 nitrogen and oxygen atoms in total. The van der Waals surface area contributed by atoms with Gasteiger partial charge in [-0.05, 0) is 51.1 Å². The van der Waals surface area contributed by atoms with Crippen molar-refractivity contribution in [3.05, 3.63) is 0 Å². The number of amides is 2. The van der Waals surface area contributed by atoms with Crippen molar-refractivity contribution >= 4 is 23.6 Å². The molecule has 0 aliphatic carbocycles. The van der Waals surface area contributed by atoms with Gasteiger partial charge in [-0.1, -0.05) is 0 Å². The second-order valence-electron chi connectivity index (χ2n) is 6.91. The summed E-state index contributed by atoms with van der Waals surface area (Å²) in [6, 6.07) is -0.182. The molecule has 0 spiro atoms. The van der Waals surface area contributed by atoms with Crippen molar-refractivity contribution in [1.82, 2.24) is 15.1 Å². The number of thioether (sulfide) groups is 1. The van der Waals surface area contributed by atoms with Crippen LogP contribution in [0.2, 0.25) is 0 Å². The van der Waals surface area contributed by atoms with Gasteiger partial charge in [0.25, 0.3) is 0 Å². The first kappa shape index (κ1) is 17.1. The van der Waals surface area contributed by atoms with E-state index in [0.717, 1.165) is 63.5 Å². The molecule has 0 radical (unpaired) electrons. The zero-order valence-electron chi connectivity index (χ0n) is 14.0. The molecule has 130 valence electrons. The van der Waals surface area contributed by atoms with E-state index in [4.69, 9.17) is 0 Å². The van der Waals surface area contributed by atoms with Crippen LogP contribution >= 0.6 is 11.8 Å². The molecule has 3 rings (SSSR count). The minimum atomic E-state index is -0.182. The molecule has 3 fully saturated rings. The lowest BCUT2D eigenvalue weighted by atomic mass is 9.93. The van der Waals surface area contributed by atoms with Crippen molar-refractivity contribution < 1.29 is 9.59 Å². The molecule has 0 saturated carbocycles. The molecule has 6 heteroatoms. The van der Waals surface area contributed by atoms with Crippen molar-refractivity contribution in [1.29, 1.82) is 0 Å². The zero-order valence-corrected chi connectivity index (χ0v) is 14.8. The summed E-state index contributed by atoms with van der Waals surface area (Å²) in [5.74, 6) is 3.13. The van der Waals surface area contributed by atoms with Crippen LogP contribution in [0, 0.1) is 5.92 Å². The van der Waals surface area contributed by atoms with Crippen molar-refractivity contribution in [2.45, 2.75) is 44.6 Å². The van der Waals surface area contributed by atoms with Crippen LogP contribution in [0.3, 0.4) is 0 Å². The molecule has 1 atom stereocenters. The minimum absolute atomic E-state index is 0.182. The van der Waals surface area contributed by atoms with Gasteiger partial charge in [0, 0.05) is 37.6 Å². The van der Waals surface area contributed by atoms with Crippen molar-refractivity contribution in [3.63, 3.8) is 0 Å². The summed E-state index contributed by atoms with van der Waals surface area (Å²) in [7, 11) is 0. The molecule has 0 aromatic rings. The molecule has 0 bridgehead atoms. The van der Waals surface area contributed by atoms with Gasteiger partial charge in [0.05, 0.1) is 0 Å². The molecule has 1 unspecified atom stereocenters. The van der Waals surface area contributed by atoms with E-state index in [1.54, 1.807) is 0 Å². The lowest BCUT2D eigenvalue weighted by Gasteiger charge is -2.32. The van der Waals surface area contributed by atoms with Gasteiger partial charge in [-0.15, -0.1) is 0 Å². The molecular weight excluding hydrogens is 310 g/mol. The lowest BCUT2D eigenvalue weighted by Crippen LogP contribution is -2.50. The average molecular weight is 340 g/mol. The minimum Gasteiger partial charge on any atom is -0.339 e. The van der Waals surface area contributed by atoms with Crippen molar-refractivity contribution in [3.8, 4) is 0 Å². The van der Waals surface area contributed by atoms with Crippen molar-refractivity contribution in [2.75, 3.05) is 44.2 Å². The summed E-state index contributed by atoms with van der Waals surface area (Å²) in [5.41, 5.74) is 0. The van der Waals surface area contributed by atoms with Crippen LogP contribution in [-0.2, 0) is 9.59 Å². The lowest BCUT2D eigenvalue weighted by molar-refractivity contribution is -0.143. The van der Waals surface area contributed by atoms with E-state index in [-0.39, 0.29) is 17.9 Å². The van der Waals surface area contributed by atoms with E-state index in [1.165, 1.54) is 12.8 Å². The maximum atomic E-state index is 12.7. The van der Waals surface area contributed by atoms with Crippen LogP contribution in [0.15, 0.2) is 0 Å². The van der Waals surface area contributed by atoms with Gasteiger partial charge >= 0.3 is 0 Å². The summed E-state index contributed by atoms with van der Waals surface area (Å²) in [5, 5.41) is 3.37. The van der Waals surface area contributed by atoms with E-state index in [2.05, 4.69) is 5.32 Å². The third-order valence-corrected chi connectivity index (χ3v) is 6.35. The molecule has 0 aromatic carbocycles. The third-order valence-electron chi connectivity index (χ3n) is 5.41. The Labute approximate surface area is 143 Å². The van der Waals surface area contributed by atoms with Gasteiger partial charge in [-0.25, -0.2) is 0 Å². The van der Waals surface area contributed by atoms with E-state index in [1.807, 2.05) is 21.6 Å². The Balaban J connectivity index is 1.50. The highest BCUT2D eigenvalue weighted by Crippen LogP contribution is 2.24. The number of hydrogen-bond acceptors (Lipinski definition) is 4. The first-order chi connectivity index (χ1) is 11.3. The van der Waals surface area contributed by atoms with Crippen LogP contribution in [0.4, 0.5) is 0 Å². The maximum absolute atomic E-state index is 12.7. The average Bonchev–Trinajstić information content (AvgIpc) is 3.10. The maximum Gasteiger partial charge on any atom is 0.245 e. The normalized spacial score (nSPS) is 26.5. The van der Waals surface area contributed by atoms with E-state index < -0.39 is 0 Å². The summed E-state index contributed by atoms with van der Waals surface area (Å²) >= 11 is 1.91. The highest BCUT2D eigenvalue weighted by atomic mass is 32.2. The Bertz CT molecular complexity index is 420. The topological polar surface area (TPSA) is 52.7 Å². The largest absolute Gasteiger partial charge is 0.339 e. The SMILES string of the molecule is O=C(C1CCCN1C(=O)CCC1CCNCC1)N1CCSCC1. The molecule has 1 N–H and O–H groups in total.